The van der Waals surface area contributed by atoms with Gasteiger partial charge in [-0.15, -0.1) is 0 Å². The molecule has 0 unspecified atom stereocenters. The van der Waals surface area contributed by atoms with Crippen molar-refractivity contribution in [2.45, 2.75) is 32.8 Å². The molecule has 31 heavy (non-hydrogen) atoms. The molecule has 0 bridgehead atoms. The molecule has 0 fully saturated rings. The maximum absolute atomic E-state index is 12.5. The van der Waals surface area contributed by atoms with Gasteiger partial charge in [0.15, 0.2) is 11.9 Å². The van der Waals surface area contributed by atoms with Crippen molar-refractivity contribution in [1.82, 2.24) is 0 Å². The number of esters is 1. The quantitative estimate of drug-likeness (QED) is 0.533. The van der Waals surface area contributed by atoms with Crippen LogP contribution in [0.3, 0.4) is 0 Å². The van der Waals surface area contributed by atoms with Gasteiger partial charge in [-0.05, 0) is 60.9 Å². The number of rotatable bonds is 7. The number of anilines is 2. The van der Waals surface area contributed by atoms with Gasteiger partial charge in [0.25, 0.3) is 11.8 Å². The van der Waals surface area contributed by atoms with Crippen LogP contribution in [0.1, 0.15) is 53.2 Å². The Labute approximate surface area is 180 Å². The second-order valence-electron chi connectivity index (χ2n) is 7.29. The van der Waals surface area contributed by atoms with Crippen molar-refractivity contribution in [1.29, 1.82) is 0 Å². The SMILES string of the molecule is CC(C)c1ccccc1NC(=O)[C@H](C)OC(=O)c1ccc(NC(=O)c2ccco2)cc1. The van der Waals surface area contributed by atoms with Crippen LogP contribution in [0.15, 0.2) is 71.3 Å². The van der Waals surface area contributed by atoms with E-state index in [-0.39, 0.29) is 17.2 Å². The molecule has 2 N–H and O–H groups in total. The van der Waals surface area contributed by atoms with Crippen LogP contribution >= 0.6 is 0 Å². The molecule has 3 rings (SSSR count). The summed E-state index contributed by atoms with van der Waals surface area (Å²) in [5.41, 5.74) is 2.45. The summed E-state index contributed by atoms with van der Waals surface area (Å²) in [6, 6.07) is 16.8. The highest BCUT2D eigenvalue weighted by atomic mass is 16.5. The van der Waals surface area contributed by atoms with Crippen molar-refractivity contribution >= 4 is 29.2 Å². The largest absolute Gasteiger partial charge is 0.459 e. The van der Waals surface area contributed by atoms with Gasteiger partial charge in [-0.3, -0.25) is 9.59 Å². The van der Waals surface area contributed by atoms with Crippen LogP contribution in [-0.4, -0.2) is 23.9 Å². The molecule has 0 aliphatic rings. The Kier molecular flexibility index (Phi) is 6.87. The standard InChI is InChI=1S/C24H24N2O5/c1-15(2)19-7-4-5-8-20(19)26-22(27)16(3)31-24(29)17-10-12-18(13-11-17)25-23(28)21-9-6-14-30-21/h4-16H,1-3H3,(H,25,28)(H,26,27)/t16-/m0/s1. The number of hydrogen-bond donors (Lipinski definition) is 2. The maximum Gasteiger partial charge on any atom is 0.338 e. The highest BCUT2D eigenvalue weighted by Gasteiger charge is 2.20. The zero-order chi connectivity index (χ0) is 22.4. The van der Waals surface area contributed by atoms with Crippen molar-refractivity contribution in [2.24, 2.45) is 0 Å². The Hall–Kier alpha value is -3.87. The number of hydrogen-bond acceptors (Lipinski definition) is 5. The van der Waals surface area contributed by atoms with E-state index in [2.05, 4.69) is 10.6 Å². The Morgan fingerprint density at radius 2 is 1.58 bits per heavy atom. The molecule has 160 valence electrons. The Morgan fingerprint density at radius 1 is 0.871 bits per heavy atom. The first kappa shape index (κ1) is 21.8. The van der Waals surface area contributed by atoms with Gasteiger partial charge in [-0.2, -0.15) is 0 Å². The Balaban J connectivity index is 1.58. The van der Waals surface area contributed by atoms with Gasteiger partial charge in [0.1, 0.15) is 0 Å². The predicted molar refractivity (Wildman–Crippen MR) is 117 cm³/mol. The van der Waals surface area contributed by atoms with E-state index in [0.29, 0.717) is 11.4 Å². The Bertz CT molecular complexity index is 1060. The summed E-state index contributed by atoms with van der Waals surface area (Å²) in [4.78, 5) is 36.9. The van der Waals surface area contributed by atoms with E-state index in [1.54, 1.807) is 24.3 Å². The van der Waals surface area contributed by atoms with E-state index in [9.17, 15) is 14.4 Å². The third-order valence-electron chi connectivity index (χ3n) is 4.62. The van der Waals surface area contributed by atoms with Crippen LogP contribution < -0.4 is 10.6 Å². The van der Waals surface area contributed by atoms with Gasteiger partial charge in [0.05, 0.1) is 11.8 Å². The van der Waals surface area contributed by atoms with Gasteiger partial charge >= 0.3 is 5.97 Å². The summed E-state index contributed by atoms with van der Waals surface area (Å²) in [7, 11) is 0. The molecular weight excluding hydrogens is 396 g/mol. The molecular formula is C24H24N2O5. The molecule has 1 aromatic heterocycles. The number of carbonyl (C=O) groups is 3. The van der Waals surface area contributed by atoms with Crippen LogP contribution in [0.2, 0.25) is 0 Å². The molecule has 2 amide bonds. The van der Waals surface area contributed by atoms with E-state index < -0.39 is 23.9 Å². The lowest BCUT2D eigenvalue weighted by atomic mass is 10.0. The third-order valence-corrected chi connectivity index (χ3v) is 4.62. The molecule has 2 aromatic carbocycles. The fraction of sp³-hybridized carbons (Fsp3) is 0.208. The number of carbonyl (C=O) groups excluding carboxylic acids is 3. The molecule has 0 aliphatic heterocycles. The van der Waals surface area contributed by atoms with Gasteiger partial charge in [0.2, 0.25) is 0 Å². The summed E-state index contributed by atoms with van der Waals surface area (Å²) in [5, 5.41) is 5.48. The first-order chi connectivity index (χ1) is 14.8. The normalized spacial score (nSPS) is 11.6. The lowest BCUT2D eigenvalue weighted by Crippen LogP contribution is -2.30. The first-order valence-corrected chi connectivity index (χ1v) is 9.91. The maximum atomic E-state index is 12.5. The predicted octanol–water partition coefficient (Wildman–Crippen LogP) is 4.84. The second kappa shape index (κ2) is 9.75. The van der Waals surface area contributed by atoms with E-state index in [4.69, 9.17) is 9.15 Å². The molecule has 0 spiro atoms. The highest BCUT2D eigenvalue weighted by Crippen LogP contribution is 2.24. The molecule has 1 atom stereocenters. The lowest BCUT2D eigenvalue weighted by Gasteiger charge is -2.17. The highest BCUT2D eigenvalue weighted by molar-refractivity contribution is 6.02. The van der Waals surface area contributed by atoms with E-state index >= 15 is 0 Å². The number of furan rings is 1. The molecule has 7 nitrogen and oxygen atoms in total. The van der Waals surface area contributed by atoms with Crippen molar-refractivity contribution in [3.8, 4) is 0 Å². The minimum Gasteiger partial charge on any atom is -0.459 e. The molecule has 0 radical (unpaired) electrons. The van der Waals surface area contributed by atoms with Crippen molar-refractivity contribution < 1.29 is 23.5 Å². The topological polar surface area (TPSA) is 97.6 Å². The van der Waals surface area contributed by atoms with Crippen LogP contribution in [0.5, 0.6) is 0 Å². The molecule has 0 saturated heterocycles. The fourth-order valence-corrected chi connectivity index (χ4v) is 2.92. The first-order valence-electron chi connectivity index (χ1n) is 9.91. The van der Waals surface area contributed by atoms with E-state index in [0.717, 1.165) is 5.56 Å². The van der Waals surface area contributed by atoms with Gasteiger partial charge in [0, 0.05) is 11.4 Å². The lowest BCUT2D eigenvalue weighted by molar-refractivity contribution is -0.123. The molecule has 1 heterocycles. The number of nitrogens with one attached hydrogen (secondary N) is 2. The molecule has 0 aliphatic carbocycles. The average Bonchev–Trinajstić information content (AvgIpc) is 3.29. The second-order valence-corrected chi connectivity index (χ2v) is 7.29. The van der Waals surface area contributed by atoms with Gasteiger partial charge < -0.3 is 19.8 Å². The summed E-state index contributed by atoms with van der Waals surface area (Å²) < 4.78 is 10.3. The summed E-state index contributed by atoms with van der Waals surface area (Å²) in [6.07, 6.45) is 0.429. The van der Waals surface area contributed by atoms with Gasteiger partial charge in [-0.25, -0.2) is 4.79 Å². The Morgan fingerprint density at radius 3 is 2.23 bits per heavy atom. The number of ether oxygens (including phenoxy) is 1. The van der Waals surface area contributed by atoms with Crippen molar-refractivity contribution in [3.05, 3.63) is 83.8 Å². The minimum absolute atomic E-state index is 0.183. The zero-order valence-electron chi connectivity index (χ0n) is 17.5. The monoisotopic (exact) mass is 420 g/mol. The number of para-hydroxylation sites is 1. The van der Waals surface area contributed by atoms with E-state index in [1.165, 1.54) is 25.3 Å². The summed E-state index contributed by atoms with van der Waals surface area (Å²) in [5.74, 6) is -1.02. The van der Waals surface area contributed by atoms with Crippen LogP contribution in [-0.2, 0) is 9.53 Å². The molecule has 7 heteroatoms. The number of amides is 2. The summed E-state index contributed by atoms with van der Waals surface area (Å²) >= 11 is 0. The fourth-order valence-electron chi connectivity index (χ4n) is 2.92. The zero-order valence-corrected chi connectivity index (χ0v) is 17.5. The third kappa shape index (κ3) is 5.60. The van der Waals surface area contributed by atoms with Crippen LogP contribution in [0, 0.1) is 0 Å². The molecule has 3 aromatic rings. The number of benzene rings is 2. The molecule has 0 saturated carbocycles. The van der Waals surface area contributed by atoms with Crippen LogP contribution in [0.4, 0.5) is 11.4 Å². The minimum atomic E-state index is -0.981. The van der Waals surface area contributed by atoms with Crippen LogP contribution in [0.25, 0.3) is 0 Å². The van der Waals surface area contributed by atoms with Crippen molar-refractivity contribution in [2.75, 3.05) is 10.6 Å². The van der Waals surface area contributed by atoms with Crippen molar-refractivity contribution in [3.63, 3.8) is 0 Å². The smallest absolute Gasteiger partial charge is 0.338 e. The van der Waals surface area contributed by atoms with E-state index in [1.807, 2.05) is 38.1 Å². The summed E-state index contributed by atoms with van der Waals surface area (Å²) in [6.45, 7) is 5.59. The average molecular weight is 420 g/mol. The van der Waals surface area contributed by atoms with Gasteiger partial charge in [-0.1, -0.05) is 32.0 Å².